The second-order valence-corrected chi connectivity index (χ2v) is 14.7. The van der Waals surface area contributed by atoms with E-state index in [4.69, 9.17) is 49.8 Å². The highest BCUT2D eigenvalue weighted by atomic mass is 35.5. The second kappa shape index (κ2) is 18.1. The predicted octanol–water partition coefficient (Wildman–Crippen LogP) is 0.0193. The quantitative estimate of drug-likeness (QED) is 0.0541. The molecule has 6 N–H and O–H groups in total. The number of halogens is 1. The van der Waals surface area contributed by atoms with Crippen molar-refractivity contribution >= 4 is 43.5 Å². The van der Waals surface area contributed by atoms with E-state index in [1.54, 1.807) is 7.11 Å². The van der Waals surface area contributed by atoms with Crippen LogP contribution in [0.25, 0.3) is 11.2 Å². The van der Waals surface area contributed by atoms with E-state index in [1.807, 2.05) is 0 Å². The van der Waals surface area contributed by atoms with E-state index >= 15 is 0 Å². The zero-order valence-corrected chi connectivity index (χ0v) is 26.7. The van der Waals surface area contributed by atoms with Crippen LogP contribution < -0.4 is 5.32 Å². The molecule has 2 unspecified atom stereocenters. The fraction of sp³-hybridized carbons (Fsp3) is 0.783. The van der Waals surface area contributed by atoms with E-state index < -0.39 is 51.6 Å². The smallest absolute Gasteiger partial charge is 0.335 e. The highest BCUT2D eigenvalue weighted by Crippen LogP contribution is 2.55. The Morgan fingerprint density at radius 2 is 1.52 bits per heavy atom. The van der Waals surface area contributed by atoms with Gasteiger partial charge in [0.05, 0.1) is 71.9 Å². The largest absolute Gasteiger partial charge is 0.388 e. The van der Waals surface area contributed by atoms with Gasteiger partial charge in [-0.25, -0.2) is 4.98 Å². The molecule has 252 valence electrons. The van der Waals surface area contributed by atoms with E-state index in [0.717, 1.165) is 0 Å². The summed E-state index contributed by atoms with van der Waals surface area (Å²) < 4.78 is 57.0. The van der Waals surface area contributed by atoms with Gasteiger partial charge in [-0.1, -0.05) is 0 Å². The Balaban J connectivity index is 1.43. The molecule has 18 nitrogen and oxygen atoms in total. The number of nitrogens with one attached hydrogen (secondary N) is 1. The summed E-state index contributed by atoms with van der Waals surface area (Å²) in [4.78, 5) is 40.6. The Hall–Kier alpha value is -1.34. The number of methoxy groups -OCH3 is 1. The molecule has 0 bridgehead atoms. The minimum absolute atomic E-state index is 0.122. The number of fused-ring (bicyclic) bond motifs is 1. The Morgan fingerprint density at radius 1 is 0.932 bits per heavy atom. The molecule has 1 aliphatic rings. The SMILES string of the molecule is COCCOCCOCCOCCOCCNc1nc(Cl)nc2c1ncn2[C@@H]1O[C@H](CCP(=O)(O)CP(=O)(O)O)C(O)[C@@H]1O. The highest BCUT2D eigenvalue weighted by molar-refractivity contribution is 7.72. The lowest BCUT2D eigenvalue weighted by molar-refractivity contribution is -0.0354. The lowest BCUT2D eigenvalue weighted by Crippen LogP contribution is -2.32. The van der Waals surface area contributed by atoms with Gasteiger partial charge in [-0.2, -0.15) is 9.97 Å². The number of ether oxygens (including phenoxy) is 6. The van der Waals surface area contributed by atoms with Crippen LogP contribution in [0.3, 0.4) is 0 Å². The molecule has 1 saturated heterocycles. The first-order valence-electron chi connectivity index (χ1n) is 13.7. The van der Waals surface area contributed by atoms with Crippen molar-refractivity contribution < 1.29 is 62.4 Å². The average molecular weight is 692 g/mol. The van der Waals surface area contributed by atoms with Crippen molar-refractivity contribution in [3.8, 4) is 0 Å². The summed E-state index contributed by atoms with van der Waals surface area (Å²) in [6.45, 7) is 4.32. The van der Waals surface area contributed by atoms with Gasteiger partial charge >= 0.3 is 7.60 Å². The van der Waals surface area contributed by atoms with Crippen LogP contribution in [0.4, 0.5) is 5.82 Å². The van der Waals surface area contributed by atoms with Gasteiger partial charge in [0.1, 0.15) is 18.1 Å². The molecule has 21 heteroatoms. The zero-order valence-electron chi connectivity index (χ0n) is 24.1. The number of hydrogen-bond donors (Lipinski definition) is 6. The Labute approximate surface area is 258 Å². The number of rotatable bonds is 22. The third-order valence-electron chi connectivity index (χ3n) is 6.26. The Bertz CT molecular complexity index is 1250. The van der Waals surface area contributed by atoms with E-state index in [-0.39, 0.29) is 17.4 Å². The van der Waals surface area contributed by atoms with Crippen molar-refractivity contribution in [3.05, 3.63) is 11.6 Å². The average Bonchev–Trinajstić information content (AvgIpc) is 3.48. The predicted molar refractivity (Wildman–Crippen MR) is 156 cm³/mol. The molecule has 0 radical (unpaired) electrons. The van der Waals surface area contributed by atoms with Gasteiger partial charge in [0, 0.05) is 19.8 Å². The number of aliphatic hydroxyl groups is 2. The molecule has 1 fully saturated rings. The van der Waals surface area contributed by atoms with Gasteiger partial charge in [-0.05, 0) is 18.0 Å². The molecule has 5 atom stereocenters. The third kappa shape index (κ3) is 12.1. The molecule has 0 amide bonds. The molecule has 2 aromatic rings. The van der Waals surface area contributed by atoms with E-state index in [2.05, 4.69) is 20.3 Å². The Kier molecular flexibility index (Phi) is 15.3. The maximum atomic E-state index is 12.2. The van der Waals surface area contributed by atoms with Crippen molar-refractivity contribution in [3.63, 3.8) is 0 Å². The van der Waals surface area contributed by atoms with Gasteiger partial charge in [-0.15, -0.1) is 0 Å². The second-order valence-electron chi connectivity index (χ2n) is 9.75. The van der Waals surface area contributed by atoms with Gasteiger partial charge in [-0.3, -0.25) is 13.7 Å². The molecular weight excluding hydrogens is 652 g/mol. The topological polar surface area (TPSA) is 246 Å². The molecule has 3 heterocycles. The number of hydrogen-bond acceptors (Lipinski definition) is 14. The van der Waals surface area contributed by atoms with Crippen molar-refractivity contribution in [2.24, 2.45) is 0 Å². The highest BCUT2D eigenvalue weighted by Gasteiger charge is 2.45. The first-order chi connectivity index (χ1) is 20.9. The lowest BCUT2D eigenvalue weighted by atomic mass is 10.1. The maximum Gasteiger partial charge on any atom is 0.335 e. The number of aliphatic hydroxyl groups excluding tert-OH is 2. The van der Waals surface area contributed by atoms with Crippen molar-refractivity contribution in [2.45, 2.75) is 31.0 Å². The monoisotopic (exact) mass is 691 g/mol. The summed E-state index contributed by atoms with van der Waals surface area (Å²) in [6, 6.07) is 0. The standard InChI is InChI=1S/C23H40ClN5O13P2/c1-37-5-6-39-9-10-41-12-11-40-8-7-38-4-3-25-20-17-21(28-23(24)27-20)29(14-26-17)22-19(31)18(30)16(42-22)2-13-43(32,33)15-44(34,35)36/h14,16,18-19,22,30-31H,2-13,15H2,1H3,(H,32,33)(H,25,27,28)(H2,34,35,36)/t16-,18?,19+,22-/m1/s1. The zero-order chi connectivity index (χ0) is 32.2. The lowest BCUT2D eigenvalue weighted by Gasteiger charge is -2.18. The van der Waals surface area contributed by atoms with Crippen molar-refractivity contribution in [1.29, 1.82) is 0 Å². The maximum absolute atomic E-state index is 12.2. The van der Waals surface area contributed by atoms with E-state index in [1.165, 1.54) is 10.9 Å². The summed E-state index contributed by atoms with van der Waals surface area (Å²) in [6.07, 6.45) is -4.64. The Morgan fingerprint density at radius 3 is 2.11 bits per heavy atom. The van der Waals surface area contributed by atoms with Crippen LogP contribution >= 0.6 is 26.6 Å². The summed E-state index contributed by atoms with van der Waals surface area (Å²) in [5.74, 6) is -0.891. The van der Waals surface area contributed by atoms with Gasteiger partial charge in [0.15, 0.2) is 23.2 Å². The molecule has 0 aliphatic carbocycles. The molecule has 3 rings (SSSR count). The first-order valence-corrected chi connectivity index (χ1v) is 17.9. The summed E-state index contributed by atoms with van der Waals surface area (Å²) >= 11 is 6.13. The van der Waals surface area contributed by atoms with Gasteiger partial charge in [0.25, 0.3) is 0 Å². The molecular formula is C23H40ClN5O13P2. The van der Waals surface area contributed by atoms with Crippen LogP contribution in [0, 0.1) is 0 Å². The molecule has 2 aromatic heterocycles. The number of aromatic nitrogens is 4. The molecule has 0 saturated carbocycles. The fourth-order valence-corrected chi connectivity index (χ4v) is 7.92. The molecule has 0 aromatic carbocycles. The number of imidazole rings is 1. The van der Waals surface area contributed by atoms with Crippen LogP contribution in [0.15, 0.2) is 6.33 Å². The van der Waals surface area contributed by atoms with Crippen LogP contribution in [0.5, 0.6) is 0 Å². The third-order valence-corrected chi connectivity index (χ3v) is 10.6. The van der Waals surface area contributed by atoms with Crippen LogP contribution in [-0.4, -0.2) is 148 Å². The van der Waals surface area contributed by atoms with Crippen LogP contribution in [0.1, 0.15) is 12.6 Å². The summed E-state index contributed by atoms with van der Waals surface area (Å²) in [5, 5.41) is 24.1. The van der Waals surface area contributed by atoms with E-state index in [0.29, 0.717) is 77.3 Å². The van der Waals surface area contributed by atoms with Crippen molar-refractivity contribution in [2.75, 3.05) is 90.5 Å². The molecule has 1 aliphatic heterocycles. The van der Waals surface area contributed by atoms with Gasteiger partial charge < -0.3 is 58.6 Å². The number of nitrogens with zero attached hydrogens (tertiary/aromatic N) is 4. The minimum Gasteiger partial charge on any atom is -0.388 e. The molecule has 44 heavy (non-hydrogen) atoms. The molecule has 0 spiro atoms. The fourth-order valence-electron chi connectivity index (χ4n) is 4.23. The summed E-state index contributed by atoms with van der Waals surface area (Å²) in [5.41, 5.74) is 0.494. The van der Waals surface area contributed by atoms with Crippen LogP contribution in [-0.2, 0) is 37.6 Å². The van der Waals surface area contributed by atoms with E-state index in [9.17, 15) is 24.2 Å². The minimum atomic E-state index is -4.72. The van der Waals surface area contributed by atoms with Crippen molar-refractivity contribution in [1.82, 2.24) is 19.5 Å². The van der Waals surface area contributed by atoms with Gasteiger partial charge in [0.2, 0.25) is 12.7 Å². The van der Waals surface area contributed by atoms with Crippen LogP contribution in [0.2, 0.25) is 5.28 Å². The first kappa shape index (κ1) is 37.1. The normalized spacial score (nSPS) is 22.1. The summed E-state index contributed by atoms with van der Waals surface area (Å²) in [7, 11) is -7.32. The number of anilines is 1.